The van der Waals surface area contributed by atoms with Gasteiger partial charge in [-0.2, -0.15) is 16.7 Å². The van der Waals surface area contributed by atoms with Gasteiger partial charge in [0.25, 0.3) is 0 Å². The molecule has 0 amide bonds. The van der Waals surface area contributed by atoms with Crippen LogP contribution in [0, 0.1) is 0 Å². The highest BCUT2D eigenvalue weighted by molar-refractivity contribution is 9.10. The molecule has 0 spiro atoms. The zero-order valence-corrected chi connectivity index (χ0v) is 13.3. The molecule has 2 heterocycles. The molecule has 0 unspecified atom stereocenters. The van der Waals surface area contributed by atoms with Crippen LogP contribution in [0.1, 0.15) is 20.3 Å². The fraction of sp³-hybridized carbons (Fsp3) is 0.667. The molecule has 2 rings (SSSR count). The van der Waals surface area contributed by atoms with Crippen LogP contribution < -0.4 is 9.64 Å². The summed E-state index contributed by atoms with van der Waals surface area (Å²) in [6.45, 7) is 6.57. The number of rotatable bonds is 2. The molecule has 0 atom stereocenters. The average Bonchev–Trinajstić information content (AvgIpc) is 2.51. The molecular formula is C12H18BrN3OS. The third-order valence-corrected chi connectivity index (χ3v) is 4.93. The molecule has 1 saturated heterocycles. The van der Waals surface area contributed by atoms with E-state index in [9.17, 15) is 0 Å². The lowest BCUT2D eigenvalue weighted by Crippen LogP contribution is -2.28. The second-order valence-electron chi connectivity index (χ2n) is 4.87. The Hall–Kier alpha value is -0.490. The van der Waals surface area contributed by atoms with Gasteiger partial charge in [0.2, 0.25) is 11.8 Å². The highest BCUT2D eigenvalue weighted by Crippen LogP contribution is 2.32. The maximum Gasteiger partial charge on any atom is 0.232 e. The van der Waals surface area contributed by atoms with Crippen LogP contribution in [0.3, 0.4) is 0 Å². The van der Waals surface area contributed by atoms with Crippen LogP contribution >= 0.6 is 27.7 Å². The number of hydrogen-bond donors (Lipinski definition) is 0. The fourth-order valence-electron chi connectivity index (χ4n) is 1.86. The lowest BCUT2D eigenvalue weighted by atomic mass is 10.1. The molecule has 1 aliphatic rings. The summed E-state index contributed by atoms with van der Waals surface area (Å²) in [4.78, 5) is 11.1. The van der Waals surface area contributed by atoms with Crippen LogP contribution in [-0.4, -0.2) is 40.7 Å². The van der Waals surface area contributed by atoms with E-state index in [1.807, 2.05) is 11.8 Å². The van der Waals surface area contributed by atoms with Crippen molar-refractivity contribution >= 4 is 33.6 Å². The van der Waals surface area contributed by atoms with Gasteiger partial charge in [0.05, 0.1) is 17.8 Å². The molecule has 1 aliphatic heterocycles. The van der Waals surface area contributed by atoms with Gasteiger partial charge in [0.15, 0.2) is 0 Å². The van der Waals surface area contributed by atoms with Gasteiger partial charge < -0.3 is 9.64 Å². The third-order valence-electron chi connectivity index (χ3n) is 3.01. The van der Waals surface area contributed by atoms with Gasteiger partial charge in [-0.3, -0.25) is 0 Å². The summed E-state index contributed by atoms with van der Waals surface area (Å²) < 4.78 is 6.35. The monoisotopic (exact) mass is 331 g/mol. The quantitative estimate of drug-likeness (QED) is 0.832. The van der Waals surface area contributed by atoms with E-state index in [-0.39, 0.29) is 0 Å². The minimum Gasteiger partial charge on any atom is -0.480 e. The minimum atomic E-state index is 0.341. The summed E-state index contributed by atoms with van der Waals surface area (Å²) >= 11 is 5.39. The van der Waals surface area contributed by atoms with E-state index >= 15 is 0 Å². The van der Waals surface area contributed by atoms with Crippen molar-refractivity contribution in [3.8, 4) is 5.88 Å². The number of ether oxygens (including phenoxy) is 1. The zero-order valence-electron chi connectivity index (χ0n) is 10.9. The van der Waals surface area contributed by atoms with Crippen LogP contribution in [0.15, 0.2) is 10.7 Å². The number of halogens is 1. The Labute approximate surface area is 121 Å². The molecule has 18 heavy (non-hydrogen) atoms. The number of anilines is 1. The fourth-order valence-corrected chi connectivity index (χ4v) is 3.31. The van der Waals surface area contributed by atoms with Gasteiger partial charge in [0.1, 0.15) is 0 Å². The van der Waals surface area contributed by atoms with Gasteiger partial charge >= 0.3 is 0 Å². The van der Waals surface area contributed by atoms with E-state index in [0.29, 0.717) is 10.6 Å². The van der Waals surface area contributed by atoms with Crippen LogP contribution in [0.4, 0.5) is 5.95 Å². The van der Waals surface area contributed by atoms with E-state index in [2.05, 4.69) is 44.6 Å². The Morgan fingerprint density at radius 1 is 1.44 bits per heavy atom. The number of nitrogens with zero attached hydrogens (tertiary/aromatic N) is 3. The maximum atomic E-state index is 5.22. The molecule has 6 heteroatoms. The van der Waals surface area contributed by atoms with Crippen molar-refractivity contribution in [2.75, 3.05) is 30.9 Å². The van der Waals surface area contributed by atoms with Crippen LogP contribution in [-0.2, 0) is 0 Å². The first-order valence-corrected chi connectivity index (χ1v) is 7.75. The highest BCUT2D eigenvalue weighted by atomic mass is 79.9. The van der Waals surface area contributed by atoms with Crippen LogP contribution in [0.5, 0.6) is 5.88 Å². The van der Waals surface area contributed by atoms with E-state index < -0.39 is 0 Å². The van der Waals surface area contributed by atoms with Gasteiger partial charge in [-0.25, -0.2) is 4.98 Å². The minimum absolute atomic E-state index is 0.341. The number of methoxy groups -OCH3 is 1. The summed E-state index contributed by atoms with van der Waals surface area (Å²) in [5.74, 6) is 2.46. The molecule has 100 valence electrons. The SMILES string of the molecule is COc1nc(N2CCSC(C)(C)CC2)ncc1Br. The second-order valence-corrected chi connectivity index (χ2v) is 7.53. The summed E-state index contributed by atoms with van der Waals surface area (Å²) in [7, 11) is 1.62. The van der Waals surface area contributed by atoms with E-state index in [0.717, 1.165) is 35.7 Å². The lowest BCUT2D eigenvalue weighted by Gasteiger charge is -2.22. The number of thioether (sulfide) groups is 1. The van der Waals surface area contributed by atoms with Crippen molar-refractivity contribution in [1.29, 1.82) is 0 Å². The molecule has 0 aliphatic carbocycles. The van der Waals surface area contributed by atoms with Crippen LogP contribution in [0.2, 0.25) is 0 Å². The van der Waals surface area contributed by atoms with Crippen molar-refractivity contribution in [2.45, 2.75) is 25.0 Å². The number of hydrogen-bond acceptors (Lipinski definition) is 5. The van der Waals surface area contributed by atoms with E-state index in [4.69, 9.17) is 4.74 Å². The Kier molecular flexibility index (Phi) is 4.37. The van der Waals surface area contributed by atoms with Gasteiger partial charge in [-0.1, -0.05) is 13.8 Å². The predicted molar refractivity (Wildman–Crippen MR) is 79.7 cm³/mol. The molecule has 0 N–H and O–H groups in total. The first-order valence-electron chi connectivity index (χ1n) is 5.97. The van der Waals surface area contributed by atoms with E-state index in [1.165, 1.54) is 0 Å². The van der Waals surface area contributed by atoms with Crippen molar-refractivity contribution < 1.29 is 4.74 Å². The molecular weight excluding hydrogens is 314 g/mol. The summed E-state index contributed by atoms with van der Waals surface area (Å²) in [5, 5.41) is 0. The molecule has 0 saturated carbocycles. The standard InChI is InChI=1S/C12H18BrN3OS/c1-12(2)4-5-16(6-7-18-12)11-14-8-9(13)10(15-11)17-3/h8H,4-7H2,1-3H3. The van der Waals surface area contributed by atoms with Gasteiger partial charge in [-0.15, -0.1) is 0 Å². The summed E-state index contributed by atoms with van der Waals surface area (Å²) in [5.41, 5.74) is 0. The normalized spacial score (nSPS) is 19.4. The molecule has 1 fully saturated rings. The topological polar surface area (TPSA) is 38.2 Å². The Morgan fingerprint density at radius 2 is 2.22 bits per heavy atom. The third kappa shape index (κ3) is 3.29. The largest absolute Gasteiger partial charge is 0.480 e. The van der Waals surface area contributed by atoms with E-state index in [1.54, 1.807) is 13.3 Å². The first-order chi connectivity index (χ1) is 8.52. The first kappa shape index (κ1) is 13.9. The molecule has 1 aromatic heterocycles. The summed E-state index contributed by atoms with van der Waals surface area (Å²) in [6.07, 6.45) is 2.89. The molecule has 4 nitrogen and oxygen atoms in total. The van der Waals surface area contributed by atoms with Crippen molar-refractivity contribution in [1.82, 2.24) is 9.97 Å². The lowest BCUT2D eigenvalue weighted by molar-refractivity contribution is 0.393. The number of aromatic nitrogens is 2. The smallest absolute Gasteiger partial charge is 0.232 e. The van der Waals surface area contributed by atoms with Crippen LogP contribution in [0.25, 0.3) is 0 Å². The maximum absolute atomic E-state index is 5.22. The van der Waals surface area contributed by atoms with Gasteiger partial charge in [-0.05, 0) is 22.4 Å². The predicted octanol–water partition coefficient (Wildman–Crippen LogP) is 2.97. The average molecular weight is 332 g/mol. The summed E-state index contributed by atoms with van der Waals surface area (Å²) in [6, 6.07) is 0. The zero-order chi connectivity index (χ0) is 13.2. The Bertz CT molecular complexity index is 428. The van der Waals surface area contributed by atoms with Gasteiger partial charge in [0, 0.05) is 23.6 Å². The molecule has 0 aromatic carbocycles. The van der Waals surface area contributed by atoms with Crippen molar-refractivity contribution in [3.63, 3.8) is 0 Å². The molecule has 0 radical (unpaired) electrons. The second kappa shape index (κ2) is 5.65. The van der Waals surface area contributed by atoms with Crippen molar-refractivity contribution in [3.05, 3.63) is 10.7 Å². The van der Waals surface area contributed by atoms with Crippen molar-refractivity contribution in [2.24, 2.45) is 0 Å². The Morgan fingerprint density at radius 3 is 2.94 bits per heavy atom. The molecule has 1 aromatic rings. The Balaban J connectivity index is 2.16. The molecule has 0 bridgehead atoms. The highest BCUT2D eigenvalue weighted by Gasteiger charge is 2.25.